The molecule has 0 saturated carbocycles. The zero-order valence-electron chi connectivity index (χ0n) is 15.2. The average molecular weight is 362 g/mol. The molecule has 0 N–H and O–H groups in total. The Balaban J connectivity index is 1.56. The Labute approximate surface area is 153 Å². The highest BCUT2D eigenvalue weighted by atomic mass is 32.2. The van der Waals surface area contributed by atoms with Crippen molar-refractivity contribution < 1.29 is 9.47 Å². The highest BCUT2D eigenvalue weighted by Crippen LogP contribution is 2.23. The topological polar surface area (TPSA) is 52.4 Å². The van der Waals surface area contributed by atoms with Crippen LogP contribution in [0.15, 0.2) is 23.4 Å². The van der Waals surface area contributed by atoms with Gasteiger partial charge in [-0.1, -0.05) is 23.9 Å². The van der Waals surface area contributed by atoms with Crippen LogP contribution in [0.3, 0.4) is 0 Å². The van der Waals surface area contributed by atoms with E-state index < -0.39 is 0 Å². The van der Waals surface area contributed by atoms with Crippen molar-refractivity contribution in [2.75, 3.05) is 43.6 Å². The first-order chi connectivity index (χ1) is 12.2. The number of aromatic nitrogens is 3. The van der Waals surface area contributed by atoms with Crippen LogP contribution in [0.2, 0.25) is 0 Å². The lowest BCUT2D eigenvalue weighted by atomic mass is 10.1. The number of thioether (sulfide) groups is 1. The Kier molecular flexibility index (Phi) is 6.20. The van der Waals surface area contributed by atoms with Gasteiger partial charge in [0.2, 0.25) is 5.95 Å². The number of rotatable bonds is 7. The van der Waals surface area contributed by atoms with Crippen molar-refractivity contribution in [2.45, 2.75) is 32.5 Å². The van der Waals surface area contributed by atoms with Crippen molar-refractivity contribution in [1.29, 1.82) is 0 Å². The molecule has 25 heavy (non-hydrogen) atoms. The Hall–Kier alpha value is -1.73. The molecule has 0 radical (unpaired) electrons. The highest BCUT2D eigenvalue weighted by molar-refractivity contribution is 7.99. The lowest BCUT2D eigenvalue weighted by Crippen LogP contribution is -2.38. The summed E-state index contributed by atoms with van der Waals surface area (Å²) in [6.45, 7) is 11.0. The molecule has 0 atom stereocenters. The molecule has 1 aromatic heterocycles. The summed E-state index contributed by atoms with van der Waals surface area (Å²) in [6, 6.07) is 6.29. The van der Waals surface area contributed by atoms with E-state index in [2.05, 4.69) is 58.6 Å². The Morgan fingerprint density at radius 1 is 1.20 bits per heavy atom. The molecule has 136 valence electrons. The van der Waals surface area contributed by atoms with E-state index in [4.69, 9.17) is 9.47 Å². The summed E-state index contributed by atoms with van der Waals surface area (Å²) in [5.74, 6) is 2.75. The number of nitrogens with zero attached hydrogens (tertiary/aromatic N) is 4. The number of aryl methyl sites for hydroxylation is 2. The summed E-state index contributed by atoms with van der Waals surface area (Å²) in [5, 5.41) is 9.72. The molecule has 1 aromatic carbocycles. The second-order valence-corrected chi connectivity index (χ2v) is 7.15. The smallest absolute Gasteiger partial charge is 0.228 e. The van der Waals surface area contributed by atoms with E-state index in [9.17, 15) is 0 Å². The van der Waals surface area contributed by atoms with Crippen LogP contribution in [0.1, 0.15) is 18.1 Å². The van der Waals surface area contributed by atoms with Crippen molar-refractivity contribution in [3.63, 3.8) is 0 Å². The van der Waals surface area contributed by atoms with Gasteiger partial charge in [-0.3, -0.25) is 4.57 Å². The summed E-state index contributed by atoms with van der Waals surface area (Å²) < 4.78 is 13.5. The highest BCUT2D eigenvalue weighted by Gasteiger charge is 2.19. The lowest BCUT2D eigenvalue weighted by molar-refractivity contribution is 0.121. The largest absolute Gasteiger partial charge is 0.492 e. The summed E-state index contributed by atoms with van der Waals surface area (Å²) in [5.41, 5.74) is 2.39. The molecule has 2 aromatic rings. The molecule has 1 fully saturated rings. The molecular weight excluding hydrogens is 336 g/mol. The fourth-order valence-corrected chi connectivity index (χ4v) is 3.62. The van der Waals surface area contributed by atoms with Crippen molar-refractivity contribution in [1.82, 2.24) is 14.8 Å². The number of benzene rings is 1. The summed E-state index contributed by atoms with van der Waals surface area (Å²) >= 11 is 1.69. The van der Waals surface area contributed by atoms with Crippen molar-refractivity contribution >= 4 is 17.7 Å². The van der Waals surface area contributed by atoms with Crippen LogP contribution in [-0.4, -0.2) is 53.4 Å². The SMILES string of the molecule is CCn1c(SCCOc2cc(C)ccc2C)nnc1N1CCOCC1. The zero-order valence-corrected chi connectivity index (χ0v) is 16.0. The van der Waals surface area contributed by atoms with Gasteiger partial charge in [0.25, 0.3) is 0 Å². The minimum atomic E-state index is 0.651. The van der Waals surface area contributed by atoms with Crippen LogP contribution >= 0.6 is 11.8 Å². The summed E-state index contributed by atoms with van der Waals surface area (Å²) in [7, 11) is 0. The molecular formula is C18H26N4O2S. The van der Waals surface area contributed by atoms with Crippen LogP contribution in [-0.2, 0) is 11.3 Å². The van der Waals surface area contributed by atoms with E-state index in [1.807, 2.05) is 0 Å². The van der Waals surface area contributed by atoms with E-state index in [-0.39, 0.29) is 0 Å². The third-order valence-electron chi connectivity index (χ3n) is 4.22. The monoisotopic (exact) mass is 362 g/mol. The minimum Gasteiger partial charge on any atom is -0.492 e. The minimum absolute atomic E-state index is 0.651. The third-order valence-corrected chi connectivity index (χ3v) is 5.15. The molecule has 6 nitrogen and oxygen atoms in total. The number of anilines is 1. The van der Waals surface area contributed by atoms with Gasteiger partial charge in [0.05, 0.1) is 19.8 Å². The molecule has 0 spiro atoms. The third kappa shape index (κ3) is 4.46. The fraction of sp³-hybridized carbons (Fsp3) is 0.556. The van der Waals surface area contributed by atoms with E-state index in [0.29, 0.717) is 6.61 Å². The molecule has 0 unspecified atom stereocenters. The molecule has 1 aliphatic heterocycles. The summed E-state index contributed by atoms with van der Waals surface area (Å²) in [4.78, 5) is 2.25. The van der Waals surface area contributed by atoms with Crippen LogP contribution in [0.4, 0.5) is 5.95 Å². The first kappa shape index (κ1) is 18.1. The quantitative estimate of drug-likeness (QED) is 0.558. The Bertz CT molecular complexity index is 698. The Morgan fingerprint density at radius 2 is 2.00 bits per heavy atom. The molecule has 1 saturated heterocycles. The standard InChI is InChI=1S/C18H26N4O2S/c1-4-22-17(21-7-9-23-10-8-21)19-20-18(22)25-12-11-24-16-13-14(2)5-6-15(16)3/h5-6,13H,4,7-12H2,1-3H3. The normalized spacial score (nSPS) is 14.8. The van der Waals surface area contributed by atoms with Gasteiger partial charge in [0, 0.05) is 25.4 Å². The Morgan fingerprint density at radius 3 is 2.76 bits per heavy atom. The second-order valence-electron chi connectivity index (χ2n) is 6.09. The molecule has 7 heteroatoms. The van der Waals surface area contributed by atoms with Gasteiger partial charge in [0.15, 0.2) is 5.16 Å². The maximum atomic E-state index is 5.93. The van der Waals surface area contributed by atoms with Gasteiger partial charge >= 0.3 is 0 Å². The van der Waals surface area contributed by atoms with Gasteiger partial charge in [-0.2, -0.15) is 0 Å². The molecule has 0 aliphatic carbocycles. The maximum Gasteiger partial charge on any atom is 0.228 e. The van der Waals surface area contributed by atoms with Crippen LogP contribution in [0, 0.1) is 13.8 Å². The van der Waals surface area contributed by atoms with E-state index in [0.717, 1.165) is 55.5 Å². The van der Waals surface area contributed by atoms with Crippen molar-refractivity contribution in [3.8, 4) is 5.75 Å². The summed E-state index contributed by atoms with van der Waals surface area (Å²) in [6.07, 6.45) is 0. The number of hydrogen-bond acceptors (Lipinski definition) is 6. The van der Waals surface area contributed by atoms with Gasteiger partial charge in [-0.25, -0.2) is 0 Å². The van der Waals surface area contributed by atoms with Crippen molar-refractivity contribution in [3.05, 3.63) is 29.3 Å². The number of ether oxygens (including phenoxy) is 2. The predicted molar refractivity (Wildman–Crippen MR) is 101 cm³/mol. The number of hydrogen-bond donors (Lipinski definition) is 0. The van der Waals surface area contributed by atoms with Gasteiger partial charge in [-0.05, 0) is 38.0 Å². The average Bonchev–Trinajstić information content (AvgIpc) is 3.05. The molecule has 3 rings (SSSR count). The molecule has 2 heterocycles. The second kappa shape index (κ2) is 8.58. The zero-order chi connectivity index (χ0) is 17.6. The van der Waals surface area contributed by atoms with Crippen molar-refractivity contribution in [2.24, 2.45) is 0 Å². The van der Waals surface area contributed by atoms with E-state index >= 15 is 0 Å². The van der Waals surface area contributed by atoms with E-state index in [1.54, 1.807) is 11.8 Å². The van der Waals surface area contributed by atoms with Crippen LogP contribution in [0.25, 0.3) is 0 Å². The van der Waals surface area contributed by atoms with Gasteiger partial charge in [0.1, 0.15) is 5.75 Å². The van der Waals surface area contributed by atoms with Crippen LogP contribution < -0.4 is 9.64 Å². The number of morpholine rings is 1. The molecule has 0 amide bonds. The van der Waals surface area contributed by atoms with Gasteiger partial charge < -0.3 is 14.4 Å². The lowest BCUT2D eigenvalue weighted by Gasteiger charge is -2.27. The van der Waals surface area contributed by atoms with Crippen LogP contribution in [0.5, 0.6) is 5.75 Å². The fourth-order valence-electron chi connectivity index (χ4n) is 2.81. The first-order valence-electron chi connectivity index (χ1n) is 8.77. The maximum absolute atomic E-state index is 5.93. The molecule has 1 aliphatic rings. The van der Waals surface area contributed by atoms with Gasteiger partial charge in [-0.15, -0.1) is 10.2 Å². The first-order valence-corrected chi connectivity index (χ1v) is 9.76. The molecule has 0 bridgehead atoms. The van der Waals surface area contributed by atoms with E-state index in [1.165, 1.54) is 11.1 Å². The predicted octanol–water partition coefficient (Wildman–Crippen LogP) is 2.92.